The summed E-state index contributed by atoms with van der Waals surface area (Å²) in [6.07, 6.45) is 2.41. The van der Waals surface area contributed by atoms with Gasteiger partial charge in [-0.05, 0) is 12.8 Å². The van der Waals surface area contributed by atoms with Gasteiger partial charge in [0.15, 0.2) is 6.04 Å². The molecule has 3 N–H and O–H groups in total. The van der Waals surface area contributed by atoms with E-state index in [0.29, 0.717) is 0 Å². The highest BCUT2D eigenvalue weighted by Crippen LogP contribution is 2.25. The second-order valence-corrected chi connectivity index (χ2v) is 4.96. The SMILES string of the molecule is CC(OC(=O)N[C@H](CO)C(=O)O)OC(=O)C1CCCCC1. The monoisotopic (exact) mass is 303 g/mol. The molecular formula is C13H21NO7. The van der Waals surface area contributed by atoms with Crippen molar-refractivity contribution in [3.05, 3.63) is 0 Å². The van der Waals surface area contributed by atoms with Crippen LogP contribution in [0.1, 0.15) is 39.0 Å². The number of carboxylic acids is 1. The number of carboxylic acid groups (broad SMARTS) is 1. The van der Waals surface area contributed by atoms with Gasteiger partial charge in [0.1, 0.15) is 0 Å². The molecule has 21 heavy (non-hydrogen) atoms. The van der Waals surface area contributed by atoms with Crippen molar-refractivity contribution in [1.29, 1.82) is 0 Å². The third-order valence-corrected chi connectivity index (χ3v) is 3.27. The van der Waals surface area contributed by atoms with E-state index in [4.69, 9.17) is 19.7 Å². The molecule has 1 amide bonds. The molecule has 1 aliphatic rings. The molecule has 0 radical (unpaired) electrons. The molecule has 120 valence electrons. The first-order valence-electron chi connectivity index (χ1n) is 6.95. The van der Waals surface area contributed by atoms with Gasteiger partial charge in [-0.25, -0.2) is 9.59 Å². The molecule has 0 aliphatic heterocycles. The van der Waals surface area contributed by atoms with Crippen molar-refractivity contribution in [1.82, 2.24) is 5.32 Å². The molecule has 8 heteroatoms. The summed E-state index contributed by atoms with van der Waals surface area (Å²) in [6, 6.07) is -1.46. The van der Waals surface area contributed by atoms with Crippen LogP contribution in [0.15, 0.2) is 0 Å². The Bertz CT molecular complexity index is 379. The molecule has 0 spiro atoms. The number of esters is 1. The molecule has 0 heterocycles. The minimum absolute atomic E-state index is 0.169. The summed E-state index contributed by atoms with van der Waals surface area (Å²) in [4.78, 5) is 33.8. The Balaban J connectivity index is 2.34. The largest absolute Gasteiger partial charge is 0.480 e. The third-order valence-electron chi connectivity index (χ3n) is 3.27. The number of hydrogen-bond acceptors (Lipinski definition) is 6. The number of carbonyl (C=O) groups excluding carboxylic acids is 2. The van der Waals surface area contributed by atoms with Gasteiger partial charge in [0.25, 0.3) is 0 Å². The molecule has 1 saturated carbocycles. The number of carbonyl (C=O) groups is 3. The summed E-state index contributed by atoms with van der Waals surface area (Å²) in [6.45, 7) is 0.607. The zero-order valence-corrected chi connectivity index (χ0v) is 11.9. The lowest BCUT2D eigenvalue weighted by molar-refractivity contribution is -0.171. The average molecular weight is 303 g/mol. The normalized spacial score (nSPS) is 18.4. The van der Waals surface area contributed by atoms with Crippen LogP contribution in [-0.2, 0) is 19.1 Å². The van der Waals surface area contributed by atoms with E-state index in [0.717, 1.165) is 32.1 Å². The fourth-order valence-corrected chi connectivity index (χ4v) is 2.13. The van der Waals surface area contributed by atoms with Crippen LogP contribution in [0.25, 0.3) is 0 Å². The zero-order valence-electron chi connectivity index (χ0n) is 11.9. The summed E-state index contributed by atoms with van der Waals surface area (Å²) in [5.74, 6) is -1.97. The van der Waals surface area contributed by atoms with Gasteiger partial charge in [-0.2, -0.15) is 0 Å². The van der Waals surface area contributed by atoms with Crippen LogP contribution < -0.4 is 5.32 Å². The minimum Gasteiger partial charge on any atom is -0.480 e. The van der Waals surface area contributed by atoms with E-state index in [1.54, 1.807) is 0 Å². The first-order chi connectivity index (χ1) is 9.93. The van der Waals surface area contributed by atoms with Crippen molar-refractivity contribution < 1.29 is 34.1 Å². The number of ether oxygens (including phenoxy) is 2. The molecule has 2 atom stereocenters. The molecule has 8 nitrogen and oxygen atoms in total. The van der Waals surface area contributed by atoms with Gasteiger partial charge >= 0.3 is 18.0 Å². The van der Waals surface area contributed by atoms with E-state index in [2.05, 4.69) is 0 Å². The second-order valence-electron chi connectivity index (χ2n) is 4.96. The lowest BCUT2D eigenvalue weighted by atomic mass is 9.89. The van der Waals surface area contributed by atoms with Crippen LogP contribution in [0.2, 0.25) is 0 Å². The summed E-state index contributed by atoms with van der Waals surface area (Å²) >= 11 is 0. The van der Waals surface area contributed by atoms with Crippen LogP contribution in [0.3, 0.4) is 0 Å². The molecule has 0 aromatic heterocycles. The Labute approximate surface area is 122 Å². The number of amides is 1. The van der Waals surface area contributed by atoms with Crippen LogP contribution in [-0.4, -0.2) is 47.2 Å². The molecule has 0 aromatic carbocycles. The standard InChI is InChI=1S/C13H21NO7/c1-8(20-12(18)9-5-3-2-4-6-9)21-13(19)14-10(7-15)11(16)17/h8-10,15H,2-7H2,1H3,(H,14,19)(H,16,17)/t8?,10-/m1/s1. The summed E-state index contributed by atoms with van der Waals surface area (Å²) in [7, 11) is 0. The van der Waals surface area contributed by atoms with Gasteiger partial charge in [0, 0.05) is 6.92 Å². The van der Waals surface area contributed by atoms with Crippen LogP contribution >= 0.6 is 0 Å². The maximum atomic E-state index is 11.8. The molecule has 1 unspecified atom stereocenters. The topological polar surface area (TPSA) is 122 Å². The Hall–Kier alpha value is -1.83. The Morgan fingerprint density at radius 3 is 2.33 bits per heavy atom. The Kier molecular flexibility index (Phi) is 6.93. The van der Waals surface area contributed by atoms with Crippen molar-refractivity contribution in [3.8, 4) is 0 Å². The third kappa shape index (κ3) is 5.99. The zero-order chi connectivity index (χ0) is 15.8. The van der Waals surface area contributed by atoms with Crippen LogP contribution in [0.4, 0.5) is 4.79 Å². The van der Waals surface area contributed by atoms with Gasteiger partial charge in [0.2, 0.25) is 6.29 Å². The van der Waals surface area contributed by atoms with Crippen molar-refractivity contribution in [3.63, 3.8) is 0 Å². The fraction of sp³-hybridized carbons (Fsp3) is 0.769. The summed E-state index contributed by atoms with van der Waals surface area (Å²) < 4.78 is 9.73. The van der Waals surface area contributed by atoms with Crippen molar-refractivity contribution >= 4 is 18.0 Å². The Morgan fingerprint density at radius 1 is 1.19 bits per heavy atom. The van der Waals surface area contributed by atoms with E-state index in [1.165, 1.54) is 6.92 Å². The number of aliphatic carboxylic acids is 1. The predicted molar refractivity (Wildman–Crippen MR) is 70.3 cm³/mol. The van der Waals surface area contributed by atoms with E-state index in [1.807, 2.05) is 5.32 Å². The van der Waals surface area contributed by atoms with E-state index in [-0.39, 0.29) is 5.92 Å². The van der Waals surface area contributed by atoms with Crippen molar-refractivity contribution in [2.24, 2.45) is 5.92 Å². The number of alkyl carbamates (subject to hydrolysis) is 1. The highest BCUT2D eigenvalue weighted by Gasteiger charge is 2.26. The number of rotatable bonds is 6. The van der Waals surface area contributed by atoms with Crippen molar-refractivity contribution in [2.45, 2.75) is 51.4 Å². The van der Waals surface area contributed by atoms with E-state index in [9.17, 15) is 14.4 Å². The smallest absolute Gasteiger partial charge is 0.411 e. The number of nitrogens with one attached hydrogen (secondary N) is 1. The number of aliphatic hydroxyl groups excluding tert-OH is 1. The lowest BCUT2D eigenvalue weighted by Gasteiger charge is -2.22. The van der Waals surface area contributed by atoms with Gasteiger partial charge in [-0.1, -0.05) is 19.3 Å². The molecule has 1 rings (SSSR count). The van der Waals surface area contributed by atoms with Gasteiger partial charge < -0.3 is 25.0 Å². The van der Waals surface area contributed by atoms with Crippen LogP contribution in [0, 0.1) is 5.92 Å². The second kappa shape index (κ2) is 8.46. The lowest BCUT2D eigenvalue weighted by Crippen LogP contribution is -2.44. The van der Waals surface area contributed by atoms with E-state index < -0.39 is 37.0 Å². The van der Waals surface area contributed by atoms with Crippen molar-refractivity contribution in [2.75, 3.05) is 6.61 Å². The minimum atomic E-state index is -1.46. The maximum absolute atomic E-state index is 11.8. The number of aliphatic hydroxyl groups is 1. The first-order valence-corrected chi connectivity index (χ1v) is 6.95. The first kappa shape index (κ1) is 17.2. The molecule has 0 aromatic rings. The maximum Gasteiger partial charge on any atom is 0.411 e. The van der Waals surface area contributed by atoms with Crippen LogP contribution in [0.5, 0.6) is 0 Å². The van der Waals surface area contributed by atoms with Gasteiger partial charge in [0.05, 0.1) is 12.5 Å². The highest BCUT2D eigenvalue weighted by atomic mass is 16.7. The Morgan fingerprint density at radius 2 is 1.81 bits per heavy atom. The number of hydrogen-bond donors (Lipinski definition) is 3. The van der Waals surface area contributed by atoms with Gasteiger partial charge in [-0.3, -0.25) is 4.79 Å². The summed E-state index contributed by atoms with van der Waals surface area (Å²) in [5.41, 5.74) is 0. The molecule has 0 saturated heterocycles. The molecule has 1 fully saturated rings. The quantitative estimate of drug-likeness (QED) is 0.486. The van der Waals surface area contributed by atoms with Gasteiger partial charge in [-0.15, -0.1) is 0 Å². The molecule has 1 aliphatic carbocycles. The summed E-state index contributed by atoms with van der Waals surface area (Å²) in [5, 5.41) is 19.4. The predicted octanol–water partition coefficient (Wildman–Crippen LogP) is 0.628. The highest BCUT2D eigenvalue weighted by molar-refractivity contribution is 5.80. The fourth-order valence-electron chi connectivity index (χ4n) is 2.13. The molecular weight excluding hydrogens is 282 g/mol. The van der Waals surface area contributed by atoms with E-state index >= 15 is 0 Å². The molecule has 0 bridgehead atoms. The average Bonchev–Trinajstić information content (AvgIpc) is 2.45.